The van der Waals surface area contributed by atoms with Gasteiger partial charge in [0.25, 0.3) is 0 Å². The van der Waals surface area contributed by atoms with Crippen molar-refractivity contribution in [1.82, 2.24) is 4.90 Å². The quantitative estimate of drug-likeness (QED) is 0.224. The van der Waals surface area contributed by atoms with E-state index in [-0.39, 0.29) is 12.4 Å². The Kier molecular flexibility index (Phi) is 8.62. The van der Waals surface area contributed by atoms with Crippen molar-refractivity contribution >= 4 is 11.1 Å². The lowest BCUT2D eigenvalue weighted by atomic mass is 9.87. The van der Waals surface area contributed by atoms with Crippen LogP contribution in [0.3, 0.4) is 0 Å². The van der Waals surface area contributed by atoms with Crippen LogP contribution in [0.4, 0.5) is 0 Å². The Bertz CT molecular complexity index is 1070. The van der Waals surface area contributed by atoms with Gasteiger partial charge in [0.1, 0.15) is 18.1 Å². The zero-order valence-electron chi connectivity index (χ0n) is 20.7. The summed E-state index contributed by atoms with van der Waals surface area (Å²) in [5.41, 5.74) is 5.06. The van der Waals surface area contributed by atoms with E-state index < -0.39 is 0 Å². The minimum absolute atomic E-state index is 0.122. The van der Waals surface area contributed by atoms with Crippen LogP contribution in [0.15, 0.2) is 90.7 Å². The summed E-state index contributed by atoms with van der Waals surface area (Å²) in [5, 5.41) is 19.4. The van der Waals surface area contributed by atoms with E-state index >= 15 is 0 Å². The number of aliphatic hydroxyl groups excluding tert-OH is 1. The Balaban J connectivity index is 1.54. The topological polar surface area (TPSA) is 52.9 Å². The molecule has 35 heavy (non-hydrogen) atoms. The molecule has 0 aromatic heterocycles. The number of phenols is 1. The molecule has 4 rings (SSSR count). The highest BCUT2D eigenvalue weighted by atomic mass is 16.5. The first-order chi connectivity index (χ1) is 17.1. The summed E-state index contributed by atoms with van der Waals surface area (Å²) in [7, 11) is 0. The smallest absolute Gasteiger partial charge is 0.115 e. The Hall–Kier alpha value is -3.08. The Morgan fingerprint density at radius 3 is 2.40 bits per heavy atom. The number of nitrogens with zero attached hydrogens (tertiary/aromatic N) is 1. The molecule has 4 heteroatoms. The van der Waals surface area contributed by atoms with Crippen LogP contribution in [0.1, 0.15) is 37.3 Å². The predicted molar refractivity (Wildman–Crippen MR) is 144 cm³/mol. The second-order valence-corrected chi connectivity index (χ2v) is 9.51. The van der Waals surface area contributed by atoms with Crippen LogP contribution < -0.4 is 0 Å². The molecule has 1 saturated heterocycles. The number of phenolic OH excluding ortho intramolecular Hbond substituents is 1. The summed E-state index contributed by atoms with van der Waals surface area (Å²) in [5.74, 6) is 2.94. The molecule has 1 heterocycles. The molecule has 2 aromatic carbocycles. The van der Waals surface area contributed by atoms with E-state index in [9.17, 15) is 10.2 Å². The number of aromatic hydroxyl groups is 1. The van der Waals surface area contributed by atoms with Gasteiger partial charge in [-0.05, 0) is 90.2 Å². The molecule has 0 radical (unpaired) electrons. The van der Waals surface area contributed by atoms with E-state index in [0.717, 1.165) is 52.0 Å². The fraction of sp³-hybridized carbons (Fsp3) is 0.355. The lowest BCUT2D eigenvalue weighted by molar-refractivity contribution is 0.172. The number of hydrogen-bond donors (Lipinski definition) is 2. The molecule has 2 N–H and O–H groups in total. The fourth-order valence-electron chi connectivity index (χ4n) is 4.95. The summed E-state index contributed by atoms with van der Waals surface area (Å²) in [6.45, 7) is 10.6. The number of benzene rings is 2. The van der Waals surface area contributed by atoms with Crippen molar-refractivity contribution in [1.29, 1.82) is 0 Å². The number of fused-ring (bicyclic) bond motifs is 1. The van der Waals surface area contributed by atoms with Crippen molar-refractivity contribution < 1.29 is 14.9 Å². The molecule has 2 unspecified atom stereocenters. The van der Waals surface area contributed by atoms with Crippen LogP contribution in [-0.4, -0.2) is 48.0 Å². The standard InChI is InChI=1S/C31H37NO3/c1-3-29(35-19-17-32-21-26-20-27(26)22-32)16-11-23(2)31(25-12-14-28(34)15-13-25)30(10-7-18-33)24-8-5-4-6-9-24/h3-6,8-9,11-16,26-27,33-34H,2,7,10,17-22H2,1H3/b16-11-,29-3+,31-30+. The first-order valence-corrected chi connectivity index (χ1v) is 12.7. The third kappa shape index (κ3) is 6.74. The van der Waals surface area contributed by atoms with Crippen molar-refractivity contribution in [2.24, 2.45) is 11.8 Å². The molecular weight excluding hydrogens is 434 g/mol. The van der Waals surface area contributed by atoms with Crippen LogP contribution in [-0.2, 0) is 4.74 Å². The Labute approximate surface area is 209 Å². The summed E-state index contributed by atoms with van der Waals surface area (Å²) in [6, 6.07) is 17.5. The van der Waals surface area contributed by atoms with Gasteiger partial charge in [0.15, 0.2) is 0 Å². The largest absolute Gasteiger partial charge is 0.508 e. The zero-order valence-corrected chi connectivity index (χ0v) is 20.7. The molecule has 1 aliphatic carbocycles. The summed E-state index contributed by atoms with van der Waals surface area (Å²) in [4.78, 5) is 2.51. The summed E-state index contributed by atoms with van der Waals surface area (Å²) >= 11 is 0. The molecule has 2 fully saturated rings. The maximum Gasteiger partial charge on any atom is 0.115 e. The molecule has 0 amide bonds. The first-order valence-electron chi connectivity index (χ1n) is 12.7. The monoisotopic (exact) mass is 471 g/mol. The van der Waals surface area contributed by atoms with Crippen LogP contribution in [0.5, 0.6) is 5.75 Å². The summed E-state index contributed by atoms with van der Waals surface area (Å²) in [6.07, 6.45) is 8.77. The van der Waals surface area contributed by atoms with E-state index in [2.05, 4.69) is 23.6 Å². The molecule has 184 valence electrons. The summed E-state index contributed by atoms with van der Waals surface area (Å²) < 4.78 is 6.07. The fourth-order valence-corrected chi connectivity index (χ4v) is 4.95. The van der Waals surface area contributed by atoms with Gasteiger partial charge in [-0.3, -0.25) is 4.90 Å². The van der Waals surface area contributed by atoms with E-state index in [4.69, 9.17) is 4.74 Å². The normalized spacial score (nSPS) is 20.6. The third-order valence-corrected chi connectivity index (χ3v) is 6.95. The van der Waals surface area contributed by atoms with Crippen molar-refractivity contribution in [3.8, 4) is 5.75 Å². The van der Waals surface area contributed by atoms with Gasteiger partial charge in [-0.2, -0.15) is 0 Å². The number of allylic oxidation sites excluding steroid dienone is 6. The lowest BCUT2D eigenvalue weighted by Crippen LogP contribution is -2.26. The van der Waals surface area contributed by atoms with Crippen molar-refractivity contribution in [2.45, 2.75) is 26.2 Å². The van der Waals surface area contributed by atoms with E-state index in [1.54, 1.807) is 12.1 Å². The highest BCUT2D eigenvalue weighted by Crippen LogP contribution is 2.44. The number of piperidine rings is 1. The van der Waals surface area contributed by atoms with Gasteiger partial charge in [-0.15, -0.1) is 0 Å². The molecule has 0 bridgehead atoms. The number of likely N-dealkylation sites (tertiary alicyclic amines) is 1. The van der Waals surface area contributed by atoms with E-state index in [1.807, 2.05) is 55.5 Å². The number of aliphatic hydroxyl groups is 1. The van der Waals surface area contributed by atoms with Gasteiger partial charge in [0, 0.05) is 26.2 Å². The highest BCUT2D eigenvalue weighted by Gasteiger charge is 2.44. The molecule has 4 nitrogen and oxygen atoms in total. The molecule has 1 aliphatic heterocycles. The molecule has 1 saturated carbocycles. The minimum Gasteiger partial charge on any atom is -0.508 e. The van der Waals surface area contributed by atoms with Crippen LogP contribution in [0.25, 0.3) is 11.1 Å². The van der Waals surface area contributed by atoms with Crippen LogP contribution >= 0.6 is 0 Å². The second kappa shape index (κ2) is 12.1. The second-order valence-electron chi connectivity index (χ2n) is 9.51. The van der Waals surface area contributed by atoms with Gasteiger partial charge >= 0.3 is 0 Å². The Morgan fingerprint density at radius 1 is 1.03 bits per heavy atom. The Morgan fingerprint density at radius 2 is 1.74 bits per heavy atom. The van der Waals surface area contributed by atoms with Crippen molar-refractivity contribution in [3.05, 3.63) is 102 Å². The van der Waals surface area contributed by atoms with Gasteiger partial charge in [0.2, 0.25) is 0 Å². The molecule has 2 aliphatic rings. The average molecular weight is 472 g/mol. The molecule has 0 spiro atoms. The maximum absolute atomic E-state index is 9.85. The van der Waals surface area contributed by atoms with Gasteiger partial charge < -0.3 is 14.9 Å². The van der Waals surface area contributed by atoms with Crippen LogP contribution in [0.2, 0.25) is 0 Å². The molecular formula is C31H37NO3. The van der Waals surface area contributed by atoms with Crippen molar-refractivity contribution in [2.75, 3.05) is 32.8 Å². The van der Waals surface area contributed by atoms with E-state index in [0.29, 0.717) is 19.4 Å². The van der Waals surface area contributed by atoms with E-state index in [1.165, 1.54) is 19.5 Å². The zero-order chi connectivity index (χ0) is 24.6. The number of ether oxygens (including phenoxy) is 1. The number of hydrogen-bond acceptors (Lipinski definition) is 4. The average Bonchev–Trinajstić information content (AvgIpc) is 3.50. The lowest BCUT2D eigenvalue weighted by Gasteiger charge is -2.18. The maximum atomic E-state index is 9.85. The molecule has 2 atom stereocenters. The SMILES string of the molecule is C=C(/C=C\C(=C/C)OCCN1CC2CC2C1)/C(=C(/CCCO)c1ccccc1)c1ccc(O)cc1. The predicted octanol–water partition coefficient (Wildman–Crippen LogP) is 6.06. The van der Waals surface area contributed by atoms with Gasteiger partial charge in [-0.25, -0.2) is 0 Å². The van der Waals surface area contributed by atoms with Gasteiger partial charge in [-0.1, -0.05) is 55.1 Å². The number of rotatable bonds is 12. The van der Waals surface area contributed by atoms with Crippen molar-refractivity contribution in [3.63, 3.8) is 0 Å². The molecule has 2 aromatic rings. The van der Waals surface area contributed by atoms with Crippen LogP contribution in [0, 0.1) is 11.8 Å². The third-order valence-electron chi connectivity index (χ3n) is 6.95. The van der Waals surface area contributed by atoms with Gasteiger partial charge in [0.05, 0.1) is 0 Å². The first kappa shape index (κ1) is 25.0. The highest BCUT2D eigenvalue weighted by molar-refractivity contribution is 5.99. The minimum atomic E-state index is 0.122.